The van der Waals surface area contributed by atoms with Gasteiger partial charge in [0.1, 0.15) is 17.1 Å². The maximum absolute atomic E-state index is 13.0. The van der Waals surface area contributed by atoms with Gasteiger partial charge in [-0.2, -0.15) is 5.10 Å². The van der Waals surface area contributed by atoms with Gasteiger partial charge in [0.2, 0.25) is 0 Å². The second kappa shape index (κ2) is 6.91. The Morgan fingerprint density at radius 3 is 2.56 bits per heavy atom. The third kappa shape index (κ3) is 2.97. The summed E-state index contributed by atoms with van der Waals surface area (Å²) in [7, 11) is 0. The zero-order valence-corrected chi connectivity index (χ0v) is 16.1. The predicted octanol–water partition coefficient (Wildman–Crippen LogP) is 5.04. The first-order chi connectivity index (χ1) is 13.0. The number of amides is 1. The summed E-state index contributed by atoms with van der Waals surface area (Å²) < 4.78 is 0. The number of aromatic hydroxyl groups is 1. The largest absolute Gasteiger partial charge is 0.507 e. The molecule has 7 heteroatoms. The zero-order chi connectivity index (χ0) is 19.1. The van der Waals surface area contributed by atoms with E-state index in [1.165, 1.54) is 6.07 Å². The number of aromatic amines is 1. The van der Waals surface area contributed by atoms with Crippen molar-refractivity contribution in [1.82, 2.24) is 15.1 Å². The minimum Gasteiger partial charge on any atom is -0.507 e. The van der Waals surface area contributed by atoms with Gasteiger partial charge in [-0.15, -0.1) is 0 Å². The predicted molar refractivity (Wildman–Crippen MR) is 105 cm³/mol. The van der Waals surface area contributed by atoms with Crippen LogP contribution < -0.4 is 0 Å². The van der Waals surface area contributed by atoms with E-state index < -0.39 is 0 Å². The Bertz CT molecular complexity index is 1010. The van der Waals surface area contributed by atoms with Crippen LogP contribution in [0.1, 0.15) is 41.0 Å². The fourth-order valence-corrected chi connectivity index (χ4v) is 3.86. The summed E-state index contributed by atoms with van der Waals surface area (Å²) in [4.78, 5) is 14.8. The Kier molecular flexibility index (Phi) is 4.58. The molecule has 0 bridgehead atoms. The summed E-state index contributed by atoms with van der Waals surface area (Å²) >= 11 is 12.2. The lowest BCUT2D eigenvalue weighted by Gasteiger charge is -2.26. The van der Waals surface area contributed by atoms with E-state index in [1.807, 2.05) is 24.0 Å². The zero-order valence-electron chi connectivity index (χ0n) is 14.5. The summed E-state index contributed by atoms with van der Waals surface area (Å²) in [5, 5.41) is 18.6. The van der Waals surface area contributed by atoms with Crippen molar-refractivity contribution in [1.29, 1.82) is 0 Å². The number of H-pyrrole nitrogens is 1. The highest BCUT2D eigenvalue weighted by molar-refractivity contribution is 6.31. The quantitative estimate of drug-likeness (QED) is 0.642. The molecule has 0 aliphatic carbocycles. The van der Waals surface area contributed by atoms with E-state index in [0.717, 1.165) is 17.5 Å². The van der Waals surface area contributed by atoms with E-state index in [2.05, 4.69) is 10.2 Å². The summed E-state index contributed by atoms with van der Waals surface area (Å²) in [5.41, 5.74) is 3.14. The number of benzene rings is 2. The third-order valence-electron chi connectivity index (χ3n) is 4.73. The van der Waals surface area contributed by atoms with Crippen molar-refractivity contribution in [2.45, 2.75) is 19.4 Å². The third-order valence-corrected chi connectivity index (χ3v) is 5.21. The van der Waals surface area contributed by atoms with Crippen LogP contribution >= 0.6 is 23.2 Å². The molecule has 1 aliphatic heterocycles. The molecule has 2 N–H and O–H groups in total. The van der Waals surface area contributed by atoms with Gasteiger partial charge >= 0.3 is 0 Å². The number of fused-ring (bicyclic) bond motifs is 1. The lowest BCUT2D eigenvalue weighted by molar-refractivity contribution is 0.0744. The molecule has 0 saturated heterocycles. The summed E-state index contributed by atoms with van der Waals surface area (Å²) in [5.74, 6) is -0.0444. The van der Waals surface area contributed by atoms with E-state index >= 15 is 0 Å². The molecular weight excluding hydrogens is 385 g/mol. The molecule has 2 heterocycles. The molecule has 27 heavy (non-hydrogen) atoms. The maximum Gasteiger partial charge on any atom is 0.273 e. The average Bonchev–Trinajstić information content (AvgIpc) is 3.19. The van der Waals surface area contributed by atoms with Crippen LogP contribution in [0.15, 0.2) is 42.5 Å². The van der Waals surface area contributed by atoms with Gasteiger partial charge in [-0.05, 0) is 42.3 Å². The van der Waals surface area contributed by atoms with Gasteiger partial charge in [0, 0.05) is 27.7 Å². The first kappa shape index (κ1) is 17.9. The van der Waals surface area contributed by atoms with E-state index in [4.69, 9.17) is 23.2 Å². The molecular formula is C20H17Cl2N3O2. The standard InChI is InChI=1S/C20H17Cl2N3O2/c1-2-9-25-19(11-3-5-12(21)6-4-11)16-17(23-24-18(16)20(25)27)14-10-13(22)7-8-15(14)26/h3-8,10,19,26H,2,9H2,1H3,(H,23,24). The van der Waals surface area contributed by atoms with E-state index in [9.17, 15) is 9.90 Å². The summed E-state index contributed by atoms with van der Waals surface area (Å²) in [6.07, 6.45) is 0.825. The second-order valence-corrected chi connectivity index (χ2v) is 7.35. The van der Waals surface area contributed by atoms with Crippen LogP contribution in [0.2, 0.25) is 10.0 Å². The van der Waals surface area contributed by atoms with Crippen LogP contribution in [0, 0.1) is 0 Å². The monoisotopic (exact) mass is 401 g/mol. The number of nitrogens with one attached hydrogen (secondary N) is 1. The number of aromatic nitrogens is 2. The number of rotatable bonds is 4. The van der Waals surface area contributed by atoms with Crippen molar-refractivity contribution in [2.75, 3.05) is 6.54 Å². The minimum absolute atomic E-state index is 0.0601. The lowest BCUT2D eigenvalue weighted by Crippen LogP contribution is -2.30. The van der Waals surface area contributed by atoms with Gasteiger partial charge < -0.3 is 10.0 Å². The van der Waals surface area contributed by atoms with Gasteiger partial charge in [0.05, 0.1) is 6.04 Å². The number of phenolic OH excluding ortho intramolecular Hbond substituents is 1. The minimum atomic E-state index is -0.308. The lowest BCUT2D eigenvalue weighted by atomic mass is 9.95. The summed E-state index contributed by atoms with van der Waals surface area (Å²) in [6, 6.07) is 11.9. The van der Waals surface area contributed by atoms with Crippen LogP contribution in [0.4, 0.5) is 0 Å². The molecule has 2 aromatic carbocycles. The Morgan fingerprint density at radius 2 is 1.85 bits per heavy atom. The molecule has 1 aliphatic rings. The number of hydrogen-bond acceptors (Lipinski definition) is 3. The van der Waals surface area contributed by atoms with Gasteiger partial charge in [-0.1, -0.05) is 42.3 Å². The smallest absolute Gasteiger partial charge is 0.273 e. The van der Waals surface area contributed by atoms with Crippen LogP contribution in [0.25, 0.3) is 11.3 Å². The normalized spacial score (nSPS) is 16.0. The maximum atomic E-state index is 13.0. The van der Waals surface area contributed by atoms with Crippen LogP contribution in [0.3, 0.4) is 0 Å². The molecule has 3 aromatic rings. The van der Waals surface area contributed by atoms with E-state index in [-0.39, 0.29) is 17.7 Å². The molecule has 1 amide bonds. The van der Waals surface area contributed by atoms with Gasteiger partial charge in [-0.3, -0.25) is 9.89 Å². The van der Waals surface area contributed by atoms with Crippen molar-refractivity contribution in [2.24, 2.45) is 0 Å². The molecule has 1 unspecified atom stereocenters. The van der Waals surface area contributed by atoms with E-state index in [0.29, 0.717) is 33.5 Å². The molecule has 138 valence electrons. The Balaban J connectivity index is 1.92. The molecule has 4 rings (SSSR count). The molecule has 0 radical (unpaired) electrons. The molecule has 0 fully saturated rings. The highest BCUT2D eigenvalue weighted by Gasteiger charge is 2.42. The molecule has 1 atom stereocenters. The van der Waals surface area contributed by atoms with Gasteiger partial charge in [0.15, 0.2) is 0 Å². The average molecular weight is 402 g/mol. The number of nitrogens with zero attached hydrogens (tertiary/aromatic N) is 2. The van der Waals surface area contributed by atoms with Crippen LogP contribution in [0.5, 0.6) is 5.75 Å². The molecule has 1 aromatic heterocycles. The fraction of sp³-hybridized carbons (Fsp3) is 0.200. The highest BCUT2D eigenvalue weighted by atomic mass is 35.5. The molecule has 0 saturated carbocycles. The first-order valence-electron chi connectivity index (χ1n) is 8.64. The van der Waals surface area contributed by atoms with Gasteiger partial charge in [-0.25, -0.2) is 0 Å². The number of halogens is 2. The molecule has 0 spiro atoms. The highest BCUT2D eigenvalue weighted by Crippen LogP contribution is 2.45. The van der Waals surface area contributed by atoms with Crippen molar-refractivity contribution >= 4 is 29.1 Å². The first-order valence-corrected chi connectivity index (χ1v) is 9.40. The van der Waals surface area contributed by atoms with Crippen molar-refractivity contribution in [3.8, 4) is 17.0 Å². The Hall–Kier alpha value is -2.50. The van der Waals surface area contributed by atoms with Crippen LogP contribution in [-0.4, -0.2) is 32.7 Å². The number of phenols is 1. The van der Waals surface area contributed by atoms with E-state index in [1.54, 1.807) is 24.3 Å². The van der Waals surface area contributed by atoms with Crippen molar-refractivity contribution in [3.05, 3.63) is 69.3 Å². The van der Waals surface area contributed by atoms with Crippen molar-refractivity contribution in [3.63, 3.8) is 0 Å². The number of carbonyl (C=O) groups excluding carboxylic acids is 1. The van der Waals surface area contributed by atoms with Gasteiger partial charge in [0.25, 0.3) is 5.91 Å². The number of carbonyl (C=O) groups is 1. The fourth-order valence-electron chi connectivity index (χ4n) is 3.56. The Morgan fingerprint density at radius 1 is 1.15 bits per heavy atom. The number of hydrogen-bond donors (Lipinski definition) is 2. The van der Waals surface area contributed by atoms with Crippen molar-refractivity contribution < 1.29 is 9.90 Å². The Labute approximate surface area is 166 Å². The SMILES string of the molecule is CCCN1C(=O)c2[nH]nc(-c3cc(Cl)ccc3O)c2C1c1ccc(Cl)cc1. The second-order valence-electron chi connectivity index (χ2n) is 6.47. The molecule has 5 nitrogen and oxygen atoms in total. The van der Waals surface area contributed by atoms with Crippen LogP contribution in [-0.2, 0) is 0 Å². The topological polar surface area (TPSA) is 69.2 Å². The summed E-state index contributed by atoms with van der Waals surface area (Å²) in [6.45, 7) is 2.64.